The maximum atomic E-state index is 10.6. The molecule has 184 valence electrons. The number of fused-ring (bicyclic) bond motifs is 1. The Labute approximate surface area is 203 Å². The lowest BCUT2D eigenvalue weighted by Gasteiger charge is -2.22. The van der Waals surface area contributed by atoms with Crippen LogP contribution in [-0.4, -0.2) is 75.4 Å². The first kappa shape index (κ1) is 24.7. The zero-order valence-corrected chi connectivity index (χ0v) is 20.8. The van der Waals surface area contributed by atoms with Crippen LogP contribution < -0.4 is 10.6 Å². The second kappa shape index (κ2) is 10.5. The lowest BCUT2D eigenvalue weighted by molar-refractivity contribution is 0.00446. The molecule has 1 aliphatic rings. The smallest absolute Gasteiger partial charge is 0.224 e. The molecule has 3 aromatic rings. The summed E-state index contributed by atoms with van der Waals surface area (Å²) < 4.78 is 6.28. The number of methoxy groups -OCH3 is 1. The lowest BCUT2D eigenvalue weighted by Crippen LogP contribution is -2.35. The number of anilines is 2. The van der Waals surface area contributed by atoms with Gasteiger partial charge in [0.15, 0.2) is 0 Å². The van der Waals surface area contributed by atoms with E-state index in [0.717, 1.165) is 38.3 Å². The molecule has 3 heterocycles. The van der Waals surface area contributed by atoms with Gasteiger partial charge in [0, 0.05) is 53.0 Å². The van der Waals surface area contributed by atoms with Crippen molar-refractivity contribution >= 4 is 33.2 Å². The number of aryl methyl sites for hydroxylation is 3. The highest BCUT2D eigenvalue weighted by atomic mass is 32.1. The zero-order valence-electron chi connectivity index (χ0n) is 20.0. The fourth-order valence-electron chi connectivity index (χ4n) is 4.61. The molecule has 4 unspecified atom stereocenters. The summed E-state index contributed by atoms with van der Waals surface area (Å²) in [4.78, 5) is 15.0. The third kappa shape index (κ3) is 4.73. The topological polar surface area (TPSA) is 133 Å². The second-order valence-electron chi connectivity index (χ2n) is 8.77. The van der Waals surface area contributed by atoms with Crippen LogP contribution in [0.3, 0.4) is 0 Å². The van der Waals surface area contributed by atoms with Crippen molar-refractivity contribution in [1.82, 2.24) is 15.0 Å². The van der Waals surface area contributed by atoms with Gasteiger partial charge in [-0.1, -0.05) is 6.92 Å². The Bertz CT molecular complexity index is 1150. The van der Waals surface area contributed by atoms with Crippen molar-refractivity contribution in [3.63, 3.8) is 0 Å². The fraction of sp³-hybridized carbons (Fsp3) is 0.542. The van der Waals surface area contributed by atoms with E-state index in [1.807, 2.05) is 20.0 Å². The number of hydrogen-bond donors (Lipinski definition) is 5. The fourth-order valence-corrected chi connectivity index (χ4v) is 6.07. The summed E-state index contributed by atoms with van der Waals surface area (Å²) in [6.07, 6.45) is 1.19. The summed E-state index contributed by atoms with van der Waals surface area (Å²) >= 11 is 1.68. The molecule has 0 radical (unpaired) electrons. The Morgan fingerprint density at radius 3 is 2.68 bits per heavy atom. The van der Waals surface area contributed by atoms with Crippen molar-refractivity contribution in [3.8, 4) is 10.4 Å². The third-order valence-corrected chi connectivity index (χ3v) is 7.64. The Kier molecular flexibility index (Phi) is 7.63. The average molecular weight is 488 g/mol. The molecule has 1 aliphatic carbocycles. The van der Waals surface area contributed by atoms with Gasteiger partial charge in [-0.05, 0) is 38.3 Å². The summed E-state index contributed by atoms with van der Waals surface area (Å²) in [6.45, 7) is 6.95. The molecule has 0 saturated heterocycles. The first-order valence-electron chi connectivity index (χ1n) is 11.6. The first-order valence-corrected chi connectivity index (χ1v) is 12.4. The monoisotopic (exact) mass is 487 g/mol. The predicted octanol–water partition coefficient (Wildman–Crippen LogP) is 2.51. The highest BCUT2D eigenvalue weighted by Gasteiger charge is 2.41. The molecule has 0 aromatic carbocycles. The average Bonchev–Trinajstić information content (AvgIpc) is 3.30. The van der Waals surface area contributed by atoms with Crippen molar-refractivity contribution in [2.24, 2.45) is 5.92 Å². The Morgan fingerprint density at radius 1 is 1.21 bits per heavy atom. The summed E-state index contributed by atoms with van der Waals surface area (Å²) in [6, 6.07) is 1.64. The van der Waals surface area contributed by atoms with Gasteiger partial charge in [0.25, 0.3) is 0 Å². The third-order valence-electron chi connectivity index (χ3n) is 6.43. The van der Waals surface area contributed by atoms with Crippen LogP contribution in [0.15, 0.2) is 12.3 Å². The molecule has 10 heteroatoms. The number of rotatable bonds is 9. The van der Waals surface area contributed by atoms with Gasteiger partial charge in [0.05, 0.1) is 30.0 Å². The van der Waals surface area contributed by atoms with Gasteiger partial charge < -0.3 is 30.7 Å². The SMILES string of the molecule is CCc1c(-c2c(C)nc(NCCOC)nc2NC2CC(CO)C(O)C2O)sc2cc(C)ncc12. The number of aliphatic hydroxyl groups is 3. The minimum atomic E-state index is -1.01. The molecule has 5 N–H and O–H groups in total. The van der Waals surface area contributed by atoms with E-state index in [1.165, 1.54) is 5.56 Å². The van der Waals surface area contributed by atoms with E-state index >= 15 is 0 Å². The number of nitrogens with zero attached hydrogens (tertiary/aromatic N) is 3. The standard InChI is InChI=1S/C24H33N5O4S/c1-5-15-16-10-26-12(2)8-18(16)34-22(15)19-13(3)27-24(25-6-7-33-4)29-23(19)28-17-9-14(11-30)20(31)21(17)32/h8,10,14,17,20-21,30-32H,5-7,9,11H2,1-4H3,(H2,25,27,28,29). The van der Waals surface area contributed by atoms with E-state index in [2.05, 4.69) is 28.6 Å². The number of aromatic nitrogens is 3. The second-order valence-corrected chi connectivity index (χ2v) is 9.82. The number of thiophene rings is 1. The number of ether oxygens (including phenoxy) is 1. The highest BCUT2D eigenvalue weighted by Crippen LogP contribution is 2.43. The van der Waals surface area contributed by atoms with Gasteiger partial charge in [-0.25, -0.2) is 4.98 Å². The van der Waals surface area contributed by atoms with Gasteiger partial charge in [0.2, 0.25) is 5.95 Å². The van der Waals surface area contributed by atoms with E-state index in [1.54, 1.807) is 18.4 Å². The van der Waals surface area contributed by atoms with E-state index < -0.39 is 18.2 Å². The van der Waals surface area contributed by atoms with Crippen molar-refractivity contribution in [2.75, 3.05) is 37.5 Å². The van der Waals surface area contributed by atoms with Gasteiger partial charge in [-0.2, -0.15) is 4.98 Å². The summed E-state index contributed by atoms with van der Waals surface area (Å²) in [5, 5.41) is 38.3. The van der Waals surface area contributed by atoms with E-state index in [-0.39, 0.29) is 12.5 Å². The number of nitrogens with one attached hydrogen (secondary N) is 2. The van der Waals surface area contributed by atoms with E-state index in [9.17, 15) is 15.3 Å². The molecule has 1 saturated carbocycles. The predicted molar refractivity (Wildman–Crippen MR) is 134 cm³/mol. The normalized spacial score (nSPS) is 22.4. The van der Waals surface area contributed by atoms with Gasteiger partial charge in [-0.3, -0.25) is 4.98 Å². The van der Waals surface area contributed by atoms with Gasteiger partial charge in [0.1, 0.15) is 11.9 Å². The van der Waals surface area contributed by atoms with Crippen molar-refractivity contribution in [1.29, 1.82) is 0 Å². The van der Waals surface area contributed by atoms with Crippen LogP contribution in [0.5, 0.6) is 0 Å². The summed E-state index contributed by atoms with van der Waals surface area (Å²) in [5.74, 6) is 0.667. The molecule has 0 aliphatic heterocycles. The number of hydrogen-bond acceptors (Lipinski definition) is 10. The quantitative estimate of drug-likeness (QED) is 0.289. The minimum absolute atomic E-state index is 0.182. The molecule has 0 amide bonds. The van der Waals surface area contributed by atoms with E-state index in [0.29, 0.717) is 31.3 Å². The molecule has 4 atom stereocenters. The van der Waals surface area contributed by atoms with Crippen LogP contribution in [0.4, 0.5) is 11.8 Å². The van der Waals surface area contributed by atoms with Crippen LogP contribution in [0.25, 0.3) is 20.5 Å². The highest BCUT2D eigenvalue weighted by molar-refractivity contribution is 7.22. The molecule has 9 nitrogen and oxygen atoms in total. The molecule has 1 fully saturated rings. The van der Waals surface area contributed by atoms with Gasteiger partial charge >= 0.3 is 0 Å². The largest absolute Gasteiger partial charge is 0.396 e. The van der Waals surface area contributed by atoms with Crippen LogP contribution in [0.2, 0.25) is 0 Å². The molecule has 0 bridgehead atoms. The van der Waals surface area contributed by atoms with Crippen LogP contribution in [0, 0.1) is 19.8 Å². The van der Waals surface area contributed by atoms with E-state index in [4.69, 9.17) is 14.7 Å². The first-order chi connectivity index (χ1) is 16.4. The van der Waals surface area contributed by atoms with Crippen LogP contribution in [0.1, 0.15) is 30.3 Å². The molecular weight excluding hydrogens is 454 g/mol. The maximum Gasteiger partial charge on any atom is 0.224 e. The molecular formula is C24H33N5O4S. The number of pyridine rings is 1. The van der Waals surface area contributed by atoms with Crippen LogP contribution in [-0.2, 0) is 11.2 Å². The summed E-state index contributed by atoms with van der Waals surface area (Å²) in [5.41, 5.74) is 3.82. The molecule has 34 heavy (non-hydrogen) atoms. The van der Waals surface area contributed by atoms with Crippen molar-refractivity contribution < 1.29 is 20.1 Å². The van der Waals surface area contributed by atoms with Crippen LogP contribution >= 0.6 is 11.3 Å². The maximum absolute atomic E-state index is 10.6. The minimum Gasteiger partial charge on any atom is -0.396 e. The lowest BCUT2D eigenvalue weighted by atomic mass is 10.0. The van der Waals surface area contributed by atoms with Crippen molar-refractivity contribution in [3.05, 3.63) is 29.2 Å². The Morgan fingerprint density at radius 2 is 2.00 bits per heavy atom. The van der Waals surface area contributed by atoms with Gasteiger partial charge in [-0.15, -0.1) is 11.3 Å². The van der Waals surface area contributed by atoms with Crippen molar-refractivity contribution in [2.45, 2.75) is 51.9 Å². The Hall–Kier alpha value is -2.37. The zero-order chi connectivity index (χ0) is 24.4. The summed E-state index contributed by atoms with van der Waals surface area (Å²) in [7, 11) is 1.64. The molecule has 4 rings (SSSR count). The molecule has 0 spiro atoms. The molecule has 3 aromatic heterocycles. The Balaban J connectivity index is 1.81. The number of aliphatic hydroxyl groups excluding tert-OH is 3.